The van der Waals surface area contributed by atoms with E-state index in [2.05, 4.69) is 0 Å². The van der Waals surface area contributed by atoms with Crippen molar-refractivity contribution in [2.24, 2.45) is 5.92 Å². The molecule has 3 heterocycles. The van der Waals surface area contributed by atoms with E-state index in [9.17, 15) is 13.2 Å². The number of nitrogens with zero attached hydrogens (tertiary/aromatic N) is 2. The summed E-state index contributed by atoms with van der Waals surface area (Å²) in [7, 11) is -1.63. The maximum absolute atomic E-state index is 12.9. The van der Waals surface area contributed by atoms with Crippen molar-refractivity contribution in [1.82, 2.24) is 9.21 Å². The minimum atomic E-state index is -3.28. The molecule has 3 aliphatic rings. The lowest BCUT2D eigenvalue weighted by atomic mass is 9.80. The van der Waals surface area contributed by atoms with Gasteiger partial charge in [-0.1, -0.05) is 6.07 Å². The first-order valence-electron chi connectivity index (χ1n) is 8.34. The molecule has 1 amide bonds. The molecule has 7 heteroatoms. The van der Waals surface area contributed by atoms with E-state index in [1.165, 1.54) is 16.1 Å². The van der Waals surface area contributed by atoms with Crippen LogP contribution in [0.15, 0.2) is 18.2 Å². The average Bonchev–Trinajstić information content (AvgIpc) is 2.98. The molecule has 0 unspecified atom stereocenters. The first-order valence-corrected chi connectivity index (χ1v) is 10.2. The van der Waals surface area contributed by atoms with Crippen molar-refractivity contribution in [1.29, 1.82) is 0 Å². The van der Waals surface area contributed by atoms with Crippen LogP contribution in [-0.2, 0) is 21.2 Å². The second-order valence-electron chi connectivity index (χ2n) is 6.93. The Morgan fingerprint density at radius 2 is 2.04 bits per heavy atom. The highest BCUT2D eigenvalue weighted by Gasteiger charge is 2.51. The third kappa shape index (κ3) is 2.33. The van der Waals surface area contributed by atoms with Crippen molar-refractivity contribution >= 4 is 15.9 Å². The second-order valence-corrected chi connectivity index (χ2v) is 8.87. The molecule has 2 fully saturated rings. The number of benzene rings is 1. The van der Waals surface area contributed by atoms with Gasteiger partial charge in [0.2, 0.25) is 15.9 Å². The van der Waals surface area contributed by atoms with E-state index in [-0.39, 0.29) is 23.9 Å². The molecule has 0 aliphatic carbocycles. The van der Waals surface area contributed by atoms with Gasteiger partial charge in [-0.25, -0.2) is 8.42 Å². The summed E-state index contributed by atoms with van der Waals surface area (Å²) < 4.78 is 31.0. The first-order chi connectivity index (χ1) is 11.4. The fraction of sp³-hybridized carbons (Fsp3) is 0.588. The SMILES string of the molecule is COc1ccc2c(c1)CCN1C(=O)[C@H]3CCN(S(C)(=O)=O)[C@H]3C[C@@H]21. The van der Waals surface area contributed by atoms with Crippen LogP contribution in [0.25, 0.3) is 0 Å². The van der Waals surface area contributed by atoms with Crippen LogP contribution in [0.4, 0.5) is 0 Å². The highest BCUT2D eigenvalue weighted by molar-refractivity contribution is 7.88. The van der Waals surface area contributed by atoms with Crippen LogP contribution >= 0.6 is 0 Å². The summed E-state index contributed by atoms with van der Waals surface area (Å²) >= 11 is 0. The predicted molar refractivity (Wildman–Crippen MR) is 89.2 cm³/mol. The van der Waals surface area contributed by atoms with Crippen LogP contribution in [0, 0.1) is 5.92 Å². The number of carbonyl (C=O) groups is 1. The van der Waals surface area contributed by atoms with Crippen molar-refractivity contribution in [3.63, 3.8) is 0 Å². The number of piperidine rings is 1. The number of methoxy groups -OCH3 is 1. The van der Waals surface area contributed by atoms with Crippen molar-refractivity contribution < 1.29 is 17.9 Å². The minimum Gasteiger partial charge on any atom is -0.497 e. The van der Waals surface area contributed by atoms with E-state index in [0.29, 0.717) is 25.9 Å². The highest BCUT2D eigenvalue weighted by Crippen LogP contribution is 2.45. The van der Waals surface area contributed by atoms with Gasteiger partial charge in [-0.3, -0.25) is 4.79 Å². The Morgan fingerprint density at radius 1 is 1.25 bits per heavy atom. The monoisotopic (exact) mass is 350 g/mol. The number of hydrogen-bond acceptors (Lipinski definition) is 4. The van der Waals surface area contributed by atoms with Gasteiger partial charge in [0.15, 0.2) is 0 Å². The Bertz CT molecular complexity index is 792. The first kappa shape index (κ1) is 15.9. The van der Waals surface area contributed by atoms with E-state index in [1.54, 1.807) is 7.11 Å². The predicted octanol–water partition coefficient (Wildman–Crippen LogP) is 1.17. The molecule has 3 atom stereocenters. The Hall–Kier alpha value is -1.60. The summed E-state index contributed by atoms with van der Waals surface area (Å²) in [5.74, 6) is 0.750. The van der Waals surface area contributed by atoms with Gasteiger partial charge in [-0.05, 0) is 42.5 Å². The molecule has 0 N–H and O–H groups in total. The molecule has 0 radical (unpaired) electrons. The van der Waals surface area contributed by atoms with E-state index < -0.39 is 10.0 Å². The maximum Gasteiger partial charge on any atom is 0.227 e. The lowest BCUT2D eigenvalue weighted by Gasteiger charge is -2.46. The molecule has 24 heavy (non-hydrogen) atoms. The molecule has 3 aliphatic heterocycles. The Kier molecular flexibility index (Phi) is 3.61. The van der Waals surface area contributed by atoms with Crippen molar-refractivity contribution in [3.05, 3.63) is 29.3 Å². The number of ether oxygens (including phenoxy) is 1. The number of sulfonamides is 1. The molecule has 4 rings (SSSR count). The fourth-order valence-electron chi connectivity index (χ4n) is 4.58. The zero-order valence-electron chi connectivity index (χ0n) is 13.9. The van der Waals surface area contributed by atoms with Gasteiger partial charge in [0, 0.05) is 19.1 Å². The van der Waals surface area contributed by atoms with Crippen molar-refractivity contribution in [2.75, 3.05) is 26.5 Å². The van der Waals surface area contributed by atoms with Gasteiger partial charge in [-0.15, -0.1) is 0 Å². The van der Waals surface area contributed by atoms with Gasteiger partial charge in [0.1, 0.15) is 5.75 Å². The number of hydrogen-bond donors (Lipinski definition) is 0. The Balaban J connectivity index is 1.71. The summed E-state index contributed by atoms with van der Waals surface area (Å²) in [5.41, 5.74) is 2.33. The summed E-state index contributed by atoms with van der Waals surface area (Å²) in [5, 5.41) is 0. The zero-order chi connectivity index (χ0) is 17.1. The number of amides is 1. The van der Waals surface area contributed by atoms with Gasteiger partial charge < -0.3 is 9.64 Å². The van der Waals surface area contributed by atoms with Gasteiger partial charge in [0.05, 0.1) is 25.3 Å². The van der Waals surface area contributed by atoms with Crippen LogP contribution in [0.5, 0.6) is 5.75 Å². The molecule has 2 saturated heterocycles. The molecule has 0 spiro atoms. The van der Waals surface area contributed by atoms with Crippen LogP contribution < -0.4 is 4.74 Å². The maximum atomic E-state index is 12.9. The summed E-state index contributed by atoms with van der Waals surface area (Å²) in [4.78, 5) is 14.9. The molecular weight excluding hydrogens is 328 g/mol. The van der Waals surface area contributed by atoms with E-state index in [1.807, 2.05) is 23.1 Å². The van der Waals surface area contributed by atoms with Crippen molar-refractivity contribution in [3.8, 4) is 5.75 Å². The quantitative estimate of drug-likeness (QED) is 0.803. The third-order valence-corrected chi connectivity index (χ3v) is 7.00. The fourth-order valence-corrected chi connectivity index (χ4v) is 5.74. The van der Waals surface area contributed by atoms with Gasteiger partial charge >= 0.3 is 0 Å². The standard InChI is InChI=1S/C17H22N2O4S/c1-23-12-3-4-13-11(9-12)5-7-18-15(13)10-16-14(17(18)20)6-8-19(16)24(2,21)22/h3-4,9,14-16H,5-8,10H2,1-2H3/t14-,15-,16-/m0/s1. The smallest absolute Gasteiger partial charge is 0.227 e. The van der Waals surface area contributed by atoms with E-state index in [4.69, 9.17) is 4.74 Å². The highest BCUT2D eigenvalue weighted by atomic mass is 32.2. The second kappa shape index (κ2) is 5.46. The zero-order valence-corrected chi connectivity index (χ0v) is 14.8. The summed E-state index contributed by atoms with van der Waals surface area (Å²) in [6, 6.07) is 5.74. The van der Waals surface area contributed by atoms with E-state index in [0.717, 1.165) is 17.7 Å². The van der Waals surface area contributed by atoms with Crippen LogP contribution in [0.3, 0.4) is 0 Å². The minimum absolute atomic E-state index is 0.0317. The normalized spacial score (nSPS) is 29.8. The summed E-state index contributed by atoms with van der Waals surface area (Å²) in [6.45, 7) is 1.15. The topological polar surface area (TPSA) is 66.9 Å². The molecule has 6 nitrogen and oxygen atoms in total. The van der Waals surface area contributed by atoms with Gasteiger partial charge in [0.25, 0.3) is 0 Å². The Morgan fingerprint density at radius 3 is 2.75 bits per heavy atom. The lowest BCUT2D eigenvalue weighted by molar-refractivity contribution is -0.143. The van der Waals surface area contributed by atoms with Crippen LogP contribution in [0.2, 0.25) is 0 Å². The molecule has 0 aromatic heterocycles. The molecule has 130 valence electrons. The summed E-state index contributed by atoms with van der Waals surface area (Å²) in [6.07, 6.45) is 3.38. The van der Waals surface area contributed by atoms with Crippen LogP contribution in [-0.4, -0.2) is 56.0 Å². The third-order valence-electron chi connectivity index (χ3n) is 5.69. The van der Waals surface area contributed by atoms with Crippen LogP contribution in [0.1, 0.15) is 30.0 Å². The number of fused-ring (bicyclic) bond motifs is 4. The van der Waals surface area contributed by atoms with Crippen molar-refractivity contribution in [2.45, 2.75) is 31.3 Å². The molecular formula is C17H22N2O4S. The largest absolute Gasteiger partial charge is 0.497 e. The molecule has 1 aromatic rings. The number of carbonyl (C=O) groups excluding carboxylic acids is 1. The van der Waals surface area contributed by atoms with E-state index >= 15 is 0 Å². The average molecular weight is 350 g/mol. The molecule has 1 aromatic carbocycles. The number of rotatable bonds is 2. The van der Waals surface area contributed by atoms with Gasteiger partial charge in [-0.2, -0.15) is 4.31 Å². The molecule has 0 saturated carbocycles. The Labute approximate surface area is 142 Å². The molecule has 0 bridgehead atoms. The lowest BCUT2D eigenvalue weighted by Crippen LogP contribution is -2.53.